The third kappa shape index (κ3) is 4.10. The molecule has 1 aliphatic rings. The molecule has 9 aromatic carbocycles. The van der Waals surface area contributed by atoms with E-state index in [0.717, 1.165) is 33.5 Å². The van der Waals surface area contributed by atoms with Gasteiger partial charge in [-0.25, -0.2) is 9.97 Å². The van der Waals surface area contributed by atoms with Crippen LogP contribution >= 0.6 is 11.3 Å². The largest absolute Gasteiger partial charge is 0.278 e. The molecule has 0 unspecified atom stereocenters. The summed E-state index contributed by atoms with van der Waals surface area (Å²) in [5.74, 6) is 0.695. The highest BCUT2D eigenvalue weighted by atomic mass is 32.1. The first-order chi connectivity index (χ1) is 28.0. The van der Waals surface area contributed by atoms with Gasteiger partial charge < -0.3 is 0 Å². The van der Waals surface area contributed by atoms with Crippen LogP contribution in [0.1, 0.15) is 25.1 Å². The van der Waals surface area contributed by atoms with E-state index in [0.29, 0.717) is 5.95 Å². The summed E-state index contributed by atoms with van der Waals surface area (Å²) in [6, 6.07) is 60.2. The van der Waals surface area contributed by atoms with Gasteiger partial charge in [0.05, 0.1) is 22.4 Å². The van der Waals surface area contributed by atoms with Gasteiger partial charge in [0.2, 0.25) is 5.95 Å². The summed E-state index contributed by atoms with van der Waals surface area (Å²) in [6.07, 6.45) is 0. The molecule has 12 aromatic rings. The smallest absolute Gasteiger partial charge is 0.235 e. The molecule has 0 atom stereocenters. The molecule has 0 saturated carbocycles. The average Bonchev–Trinajstić information content (AvgIpc) is 3.88. The first-order valence-electron chi connectivity index (χ1n) is 19.7. The van der Waals surface area contributed by atoms with Gasteiger partial charge in [-0.15, -0.1) is 11.3 Å². The monoisotopic (exact) mass is 743 g/mol. The van der Waals surface area contributed by atoms with Gasteiger partial charge in [-0.3, -0.25) is 4.57 Å². The molecule has 0 aliphatic heterocycles. The molecule has 0 amide bonds. The van der Waals surface area contributed by atoms with E-state index in [1.165, 1.54) is 85.2 Å². The van der Waals surface area contributed by atoms with E-state index >= 15 is 0 Å². The van der Waals surface area contributed by atoms with Crippen LogP contribution in [-0.4, -0.2) is 14.5 Å². The van der Waals surface area contributed by atoms with Crippen LogP contribution in [0.4, 0.5) is 0 Å². The number of thiophene rings is 1. The summed E-state index contributed by atoms with van der Waals surface area (Å²) in [7, 11) is 0. The summed E-state index contributed by atoms with van der Waals surface area (Å²) >= 11 is 1.85. The number of rotatable bonds is 2. The molecule has 4 heteroatoms. The van der Waals surface area contributed by atoms with Crippen molar-refractivity contribution in [1.29, 1.82) is 0 Å². The van der Waals surface area contributed by atoms with Crippen LogP contribution in [0.3, 0.4) is 0 Å². The van der Waals surface area contributed by atoms with Crippen molar-refractivity contribution >= 4 is 96.4 Å². The van der Waals surface area contributed by atoms with Gasteiger partial charge in [0.1, 0.15) is 0 Å². The lowest BCUT2D eigenvalue weighted by molar-refractivity contribution is 0.632. The van der Waals surface area contributed by atoms with Gasteiger partial charge in [-0.2, -0.15) is 0 Å². The molecule has 13 rings (SSSR count). The molecule has 57 heavy (non-hydrogen) atoms. The Labute approximate surface area is 332 Å². The SMILES string of the molecule is CC1(C)c2ccccc2-c2c(-c3ccc4c(c3)sc3ccccc34)nc(-n3c4ccc5ccccc5c4c4c5c6ccccc6c6ccccc6c5ccc43)nc21. The minimum Gasteiger partial charge on any atom is -0.278 e. The number of hydrogen-bond acceptors (Lipinski definition) is 3. The van der Waals surface area contributed by atoms with Crippen molar-refractivity contribution in [3.63, 3.8) is 0 Å². The van der Waals surface area contributed by atoms with Gasteiger partial charge in [0, 0.05) is 52.9 Å². The molecule has 0 spiro atoms. The van der Waals surface area contributed by atoms with Crippen LogP contribution in [0.2, 0.25) is 0 Å². The molecular weight excluding hydrogens is 711 g/mol. The normalized spacial score (nSPS) is 13.6. The van der Waals surface area contributed by atoms with Crippen LogP contribution in [0.25, 0.3) is 113 Å². The van der Waals surface area contributed by atoms with Crippen LogP contribution in [-0.2, 0) is 5.41 Å². The van der Waals surface area contributed by atoms with Crippen molar-refractivity contribution < 1.29 is 0 Å². The molecule has 0 N–H and O–H groups in total. The standard InChI is InChI=1S/C53H33N3S/c1-53(2)41-21-11-9-20-40(41)48-50(31-23-25-37-36-18-10-12-22-44(36)57-45(37)29-31)54-52(55-51(48)53)56-42-27-24-30-13-3-4-14-32(30)47(42)49-43(56)28-26-39-35-17-6-5-15-33(35)34-16-7-8-19-38(34)46(39)49/h3-29H,1-2H3. The van der Waals surface area contributed by atoms with Crippen molar-refractivity contribution in [1.82, 2.24) is 14.5 Å². The molecule has 3 nitrogen and oxygen atoms in total. The molecule has 266 valence electrons. The maximum atomic E-state index is 5.71. The maximum absolute atomic E-state index is 5.71. The number of nitrogens with zero attached hydrogens (tertiary/aromatic N) is 3. The zero-order valence-electron chi connectivity index (χ0n) is 31.3. The molecule has 3 aromatic heterocycles. The summed E-state index contributed by atoms with van der Waals surface area (Å²) < 4.78 is 4.92. The number of benzene rings is 9. The fourth-order valence-corrected chi connectivity index (χ4v) is 11.3. The second-order valence-electron chi connectivity index (χ2n) is 16.1. The molecule has 1 aliphatic carbocycles. The van der Waals surface area contributed by atoms with Crippen LogP contribution in [0.5, 0.6) is 0 Å². The van der Waals surface area contributed by atoms with Crippen LogP contribution in [0.15, 0.2) is 164 Å². The predicted octanol–water partition coefficient (Wildman–Crippen LogP) is 14.5. The Morgan fingerprint density at radius 2 is 1.07 bits per heavy atom. The van der Waals surface area contributed by atoms with E-state index in [1.807, 2.05) is 11.3 Å². The third-order valence-corrected chi connectivity index (χ3v) is 13.9. The minimum atomic E-state index is -0.326. The Morgan fingerprint density at radius 1 is 0.474 bits per heavy atom. The molecule has 0 bridgehead atoms. The van der Waals surface area contributed by atoms with E-state index in [2.05, 4.69) is 182 Å². The highest BCUT2D eigenvalue weighted by Gasteiger charge is 2.40. The lowest BCUT2D eigenvalue weighted by atomic mass is 9.85. The predicted molar refractivity (Wildman–Crippen MR) is 242 cm³/mol. The van der Waals surface area contributed by atoms with Gasteiger partial charge in [0.15, 0.2) is 0 Å². The molecule has 0 radical (unpaired) electrons. The lowest BCUT2D eigenvalue weighted by Gasteiger charge is -2.21. The van der Waals surface area contributed by atoms with E-state index in [-0.39, 0.29) is 5.41 Å². The number of aromatic nitrogens is 3. The van der Waals surface area contributed by atoms with Gasteiger partial charge >= 0.3 is 0 Å². The van der Waals surface area contributed by atoms with Crippen molar-refractivity contribution in [3.05, 3.63) is 175 Å². The van der Waals surface area contributed by atoms with Crippen molar-refractivity contribution in [2.24, 2.45) is 0 Å². The Kier molecular flexibility index (Phi) is 6.12. The van der Waals surface area contributed by atoms with E-state index in [4.69, 9.17) is 9.97 Å². The summed E-state index contributed by atoms with van der Waals surface area (Å²) in [4.78, 5) is 11.4. The van der Waals surface area contributed by atoms with Gasteiger partial charge in [-0.05, 0) is 73.1 Å². The van der Waals surface area contributed by atoms with Crippen LogP contribution in [0, 0.1) is 0 Å². The van der Waals surface area contributed by atoms with Crippen molar-refractivity contribution in [2.75, 3.05) is 0 Å². The Balaban J connectivity index is 1.20. The topological polar surface area (TPSA) is 30.7 Å². The highest BCUT2D eigenvalue weighted by Crippen LogP contribution is 2.52. The number of fused-ring (bicyclic) bond motifs is 18. The first-order valence-corrected chi connectivity index (χ1v) is 20.5. The van der Waals surface area contributed by atoms with E-state index < -0.39 is 0 Å². The van der Waals surface area contributed by atoms with Gasteiger partial charge in [0.25, 0.3) is 0 Å². The zero-order chi connectivity index (χ0) is 37.6. The average molecular weight is 744 g/mol. The van der Waals surface area contributed by atoms with E-state index in [9.17, 15) is 0 Å². The fourth-order valence-electron chi connectivity index (χ4n) is 10.2. The van der Waals surface area contributed by atoms with Gasteiger partial charge in [-0.1, -0.05) is 153 Å². The third-order valence-electron chi connectivity index (χ3n) is 12.7. The van der Waals surface area contributed by atoms with Crippen molar-refractivity contribution in [2.45, 2.75) is 19.3 Å². The zero-order valence-corrected chi connectivity index (χ0v) is 32.2. The summed E-state index contributed by atoms with van der Waals surface area (Å²) in [5.41, 5.74) is 8.66. The Hall–Kier alpha value is -6.88. The maximum Gasteiger partial charge on any atom is 0.235 e. The molecule has 0 fully saturated rings. The van der Waals surface area contributed by atoms with Crippen molar-refractivity contribution in [3.8, 4) is 28.3 Å². The minimum absolute atomic E-state index is 0.326. The fraction of sp³-hybridized carbons (Fsp3) is 0.0566. The molecular formula is C53H33N3S. The van der Waals surface area contributed by atoms with E-state index in [1.54, 1.807) is 0 Å². The Morgan fingerprint density at radius 3 is 1.89 bits per heavy atom. The second-order valence-corrected chi connectivity index (χ2v) is 17.1. The molecule has 3 heterocycles. The molecule has 0 saturated heterocycles. The second kappa shape index (κ2) is 11.1. The quantitative estimate of drug-likeness (QED) is 0.165. The lowest BCUT2D eigenvalue weighted by Crippen LogP contribution is -2.18. The summed E-state index contributed by atoms with van der Waals surface area (Å²) in [5, 5.41) is 15.1. The Bertz CT molecular complexity index is 3700. The first kappa shape index (κ1) is 31.3. The highest BCUT2D eigenvalue weighted by molar-refractivity contribution is 7.25. The summed E-state index contributed by atoms with van der Waals surface area (Å²) in [6.45, 7) is 4.63. The van der Waals surface area contributed by atoms with Crippen LogP contribution < -0.4 is 0 Å². The number of hydrogen-bond donors (Lipinski definition) is 0.